The number of rotatable bonds is 7. The van der Waals surface area contributed by atoms with Gasteiger partial charge in [0.1, 0.15) is 12.2 Å². The van der Waals surface area contributed by atoms with Crippen LogP contribution >= 0.6 is 0 Å². The van der Waals surface area contributed by atoms with Crippen molar-refractivity contribution in [3.8, 4) is 0 Å². The number of carbonyl (C=O) groups is 1. The molecule has 0 saturated heterocycles. The first-order valence-electron chi connectivity index (χ1n) is 10.5. The second-order valence-corrected chi connectivity index (χ2v) is 7.65. The van der Waals surface area contributed by atoms with Crippen LogP contribution in [-0.2, 0) is 22.6 Å². The topological polar surface area (TPSA) is 86.9 Å². The first kappa shape index (κ1) is 19.4. The molecule has 3 heterocycles. The van der Waals surface area contributed by atoms with Crippen molar-refractivity contribution < 1.29 is 9.53 Å². The van der Waals surface area contributed by atoms with E-state index in [0.717, 1.165) is 29.2 Å². The van der Waals surface area contributed by atoms with Crippen LogP contribution in [0.5, 0.6) is 0 Å². The summed E-state index contributed by atoms with van der Waals surface area (Å²) in [5, 5.41) is 8.41. The molecule has 1 aliphatic rings. The number of aromatic nitrogens is 5. The molecule has 0 radical (unpaired) electrons. The van der Waals surface area contributed by atoms with E-state index < -0.39 is 0 Å². The summed E-state index contributed by atoms with van der Waals surface area (Å²) in [6, 6.07) is 2.08. The van der Waals surface area contributed by atoms with Crippen molar-refractivity contribution >= 4 is 28.6 Å². The van der Waals surface area contributed by atoms with Crippen LogP contribution in [-0.4, -0.2) is 36.9 Å². The van der Waals surface area contributed by atoms with Crippen LogP contribution in [0.25, 0.3) is 11.0 Å². The number of nitrogens with one attached hydrogen (secondary N) is 1. The Morgan fingerprint density at radius 2 is 2.07 bits per heavy atom. The van der Waals surface area contributed by atoms with Crippen molar-refractivity contribution in [3.63, 3.8) is 0 Å². The molecule has 1 N–H and O–H groups in total. The molecule has 1 aliphatic carbocycles. The maximum atomic E-state index is 11.6. The van der Waals surface area contributed by atoms with Crippen molar-refractivity contribution in [2.24, 2.45) is 5.92 Å². The van der Waals surface area contributed by atoms with Gasteiger partial charge in [0.05, 0.1) is 18.5 Å². The number of ether oxygens (including phenoxy) is 1. The lowest BCUT2D eigenvalue weighted by atomic mass is 10.0. The fourth-order valence-corrected chi connectivity index (χ4v) is 3.99. The van der Waals surface area contributed by atoms with Gasteiger partial charge in [-0.25, -0.2) is 4.98 Å². The fraction of sp³-hybridized carbons (Fsp3) is 0.524. The van der Waals surface area contributed by atoms with Gasteiger partial charge in [0, 0.05) is 30.5 Å². The summed E-state index contributed by atoms with van der Waals surface area (Å²) in [6.07, 6.45) is 15.4. The summed E-state index contributed by atoms with van der Waals surface area (Å²) in [7, 11) is 0. The maximum Gasteiger partial charge on any atom is 0.327 e. The van der Waals surface area contributed by atoms with Crippen molar-refractivity contribution in [2.45, 2.75) is 58.5 Å². The first-order valence-corrected chi connectivity index (χ1v) is 10.5. The molecule has 154 valence electrons. The zero-order valence-corrected chi connectivity index (χ0v) is 16.9. The van der Waals surface area contributed by atoms with Crippen LogP contribution in [0, 0.1) is 5.92 Å². The average molecular weight is 396 g/mol. The molecular formula is C21H28N6O2. The minimum absolute atomic E-state index is 0.0830. The molecule has 8 heteroatoms. The molecule has 0 amide bonds. The van der Waals surface area contributed by atoms with Gasteiger partial charge in [-0.05, 0) is 31.7 Å². The maximum absolute atomic E-state index is 11.6. The van der Waals surface area contributed by atoms with Gasteiger partial charge >= 0.3 is 5.97 Å². The lowest BCUT2D eigenvalue weighted by Gasteiger charge is -2.15. The fourth-order valence-electron chi connectivity index (χ4n) is 3.99. The smallest absolute Gasteiger partial charge is 0.327 e. The summed E-state index contributed by atoms with van der Waals surface area (Å²) in [6.45, 7) is 3.24. The van der Waals surface area contributed by atoms with Gasteiger partial charge in [-0.2, -0.15) is 10.1 Å². The highest BCUT2D eigenvalue weighted by atomic mass is 16.5. The lowest BCUT2D eigenvalue weighted by Crippen LogP contribution is -2.13. The molecule has 0 aliphatic heterocycles. The van der Waals surface area contributed by atoms with E-state index in [1.807, 2.05) is 6.20 Å². The molecule has 0 aromatic carbocycles. The normalized spacial score (nSPS) is 15.3. The monoisotopic (exact) mass is 396 g/mol. The second kappa shape index (κ2) is 9.07. The van der Waals surface area contributed by atoms with Crippen LogP contribution in [0.1, 0.15) is 45.4 Å². The van der Waals surface area contributed by atoms with E-state index >= 15 is 0 Å². The molecule has 0 bridgehead atoms. The number of esters is 1. The molecule has 8 nitrogen and oxygen atoms in total. The molecule has 4 rings (SSSR count). The summed E-state index contributed by atoms with van der Waals surface area (Å²) in [5.74, 6) is 0.936. The van der Waals surface area contributed by atoms with Crippen molar-refractivity contribution in [3.05, 3.63) is 30.9 Å². The third-order valence-corrected chi connectivity index (χ3v) is 5.42. The number of nitrogens with zero attached hydrogens (tertiary/aromatic N) is 5. The Labute approximate surface area is 170 Å². The van der Waals surface area contributed by atoms with E-state index in [4.69, 9.17) is 9.72 Å². The Morgan fingerprint density at radius 3 is 2.86 bits per heavy atom. The van der Waals surface area contributed by atoms with E-state index in [1.54, 1.807) is 19.3 Å². The van der Waals surface area contributed by atoms with Crippen LogP contribution < -0.4 is 5.32 Å². The van der Waals surface area contributed by atoms with E-state index in [0.29, 0.717) is 12.6 Å². The molecule has 0 unspecified atom stereocenters. The van der Waals surface area contributed by atoms with Crippen LogP contribution in [0.15, 0.2) is 30.9 Å². The highest BCUT2D eigenvalue weighted by Gasteiger charge is 2.15. The van der Waals surface area contributed by atoms with Gasteiger partial charge < -0.3 is 14.6 Å². The highest BCUT2D eigenvalue weighted by Crippen LogP contribution is 2.26. The molecule has 0 atom stereocenters. The van der Waals surface area contributed by atoms with Gasteiger partial charge in [-0.1, -0.05) is 25.7 Å². The minimum Gasteiger partial charge on any atom is -0.465 e. The van der Waals surface area contributed by atoms with Gasteiger partial charge in [0.25, 0.3) is 0 Å². The van der Waals surface area contributed by atoms with Crippen LogP contribution in [0.4, 0.5) is 11.6 Å². The van der Waals surface area contributed by atoms with Gasteiger partial charge in [0.2, 0.25) is 5.95 Å². The zero-order chi connectivity index (χ0) is 20.1. The number of fused-ring (bicyclic) bond motifs is 1. The Balaban J connectivity index is 1.46. The SMILES string of the molecule is CCOC(=O)Cn1cc(Nc2ncc3ccn(CC4CCCCCC4)c3n2)cn1. The molecule has 1 fully saturated rings. The Hall–Kier alpha value is -2.90. The number of hydrogen-bond donors (Lipinski definition) is 1. The number of carbonyl (C=O) groups excluding carboxylic acids is 1. The Kier molecular flexibility index (Phi) is 6.07. The van der Waals surface area contributed by atoms with Gasteiger partial charge in [-0.15, -0.1) is 0 Å². The van der Waals surface area contributed by atoms with Crippen LogP contribution in [0.3, 0.4) is 0 Å². The summed E-state index contributed by atoms with van der Waals surface area (Å²) in [4.78, 5) is 20.7. The van der Waals surface area contributed by atoms with Gasteiger partial charge in [-0.3, -0.25) is 9.48 Å². The second-order valence-electron chi connectivity index (χ2n) is 7.65. The molecular weight excluding hydrogens is 368 g/mol. The lowest BCUT2D eigenvalue weighted by molar-refractivity contribution is -0.144. The van der Waals surface area contributed by atoms with E-state index in [1.165, 1.54) is 43.2 Å². The predicted molar refractivity (Wildman–Crippen MR) is 111 cm³/mol. The van der Waals surface area contributed by atoms with Gasteiger partial charge in [0.15, 0.2) is 0 Å². The third-order valence-electron chi connectivity index (χ3n) is 5.42. The largest absolute Gasteiger partial charge is 0.465 e. The summed E-state index contributed by atoms with van der Waals surface area (Å²) < 4.78 is 8.74. The molecule has 3 aromatic rings. The van der Waals surface area contributed by atoms with Crippen molar-refractivity contribution in [1.29, 1.82) is 0 Å². The predicted octanol–water partition coefficient (Wildman–Crippen LogP) is 3.90. The molecule has 0 spiro atoms. The Bertz CT molecular complexity index is 955. The van der Waals surface area contributed by atoms with E-state index in [9.17, 15) is 4.79 Å². The average Bonchev–Trinajstić information content (AvgIpc) is 3.21. The minimum atomic E-state index is -0.309. The van der Waals surface area contributed by atoms with E-state index in [2.05, 4.69) is 32.2 Å². The standard InChI is InChI=1S/C21H28N6O2/c1-2-29-19(28)15-27-14-18(12-23-27)24-21-22-11-17-9-10-26(20(17)25-21)13-16-7-5-3-4-6-8-16/h9-12,14,16H,2-8,13,15H2,1H3,(H,22,24,25). The zero-order valence-electron chi connectivity index (χ0n) is 16.9. The number of anilines is 2. The number of hydrogen-bond acceptors (Lipinski definition) is 6. The third kappa shape index (κ3) is 4.93. The van der Waals surface area contributed by atoms with Crippen molar-refractivity contribution in [1.82, 2.24) is 24.3 Å². The van der Waals surface area contributed by atoms with E-state index in [-0.39, 0.29) is 12.5 Å². The Morgan fingerprint density at radius 1 is 1.24 bits per heavy atom. The molecule has 29 heavy (non-hydrogen) atoms. The summed E-state index contributed by atoms with van der Waals surface area (Å²) >= 11 is 0. The molecule has 3 aromatic heterocycles. The first-order chi connectivity index (χ1) is 14.2. The quantitative estimate of drug-likeness (QED) is 0.481. The van der Waals surface area contributed by atoms with Crippen molar-refractivity contribution in [2.75, 3.05) is 11.9 Å². The van der Waals surface area contributed by atoms with Crippen LogP contribution in [0.2, 0.25) is 0 Å². The molecule has 1 saturated carbocycles. The summed E-state index contributed by atoms with van der Waals surface area (Å²) in [5.41, 5.74) is 1.68. The highest BCUT2D eigenvalue weighted by molar-refractivity contribution is 5.76.